The summed E-state index contributed by atoms with van der Waals surface area (Å²) < 4.78 is 11.3. The number of rotatable bonds is 7. The second kappa shape index (κ2) is 10.1. The Morgan fingerprint density at radius 1 is 1.16 bits per heavy atom. The number of para-hydroxylation sites is 2. The van der Waals surface area contributed by atoms with Gasteiger partial charge in [-0.2, -0.15) is 0 Å². The Bertz CT molecular complexity index is 947. The highest BCUT2D eigenvalue weighted by Gasteiger charge is 2.33. The Morgan fingerprint density at radius 2 is 1.94 bits per heavy atom. The number of nitrogens with zero attached hydrogens (tertiary/aromatic N) is 3. The van der Waals surface area contributed by atoms with Crippen molar-refractivity contribution in [1.82, 2.24) is 15.2 Å². The minimum atomic E-state index is -0.183. The first-order chi connectivity index (χ1) is 15.5. The molecule has 170 valence electrons. The van der Waals surface area contributed by atoms with E-state index in [0.717, 1.165) is 31.4 Å². The lowest BCUT2D eigenvalue weighted by Crippen LogP contribution is -2.45. The number of halogens is 1. The molecule has 1 aromatic heterocycles. The number of carbonyl (C=O) groups is 2. The molecule has 1 aliphatic carbocycles. The van der Waals surface area contributed by atoms with Gasteiger partial charge in [0.25, 0.3) is 0 Å². The predicted molar refractivity (Wildman–Crippen MR) is 121 cm³/mol. The zero-order valence-corrected chi connectivity index (χ0v) is 18.8. The molecular formula is C23H27ClN4O4. The van der Waals surface area contributed by atoms with Crippen molar-refractivity contribution in [3.8, 4) is 11.6 Å². The Balaban J connectivity index is 1.23. The summed E-state index contributed by atoms with van der Waals surface area (Å²) in [6, 6.07) is 10.8. The molecule has 2 aliphatic rings. The van der Waals surface area contributed by atoms with Crippen LogP contribution in [0, 0.1) is 0 Å². The fourth-order valence-electron chi connectivity index (χ4n) is 4.18. The van der Waals surface area contributed by atoms with Crippen molar-refractivity contribution in [2.45, 2.75) is 37.8 Å². The first-order valence-corrected chi connectivity index (χ1v) is 11.2. The highest BCUT2D eigenvalue weighted by molar-refractivity contribution is 6.30. The fourth-order valence-corrected chi connectivity index (χ4v) is 4.29. The Labute approximate surface area is 192 Å². The molecule has 0 atom stereocenters. The first kappa shape index (κ1) is 22.2. The van der Waals surface area contributed by atoms with Crippen LogP contribution in [0.5, 0.6) is 11.6 Å². The van der Waals surface area contributed by atoms with E-state index in [4.69, 9.17) is 21.1 Å². The van der Waals surface area contributed by atoms with Gasteiger partial charge < -0.3 is 19.7 Å². The van der Waals surface area contributed by atoms with E-state index in [2.05, 4.69) is 10.3 Å². The van der Waals surface area contributed by atoms with Gasteiger partial charge >= 0.3 is 6.03 Å². The summed E-state index contributed by atoms with van der Waals surface area (Å²) in [6.07, 6.45) is 4.96. The number of benzene rings is 1. The third kappa shape index (κ3) is 5.24. The third-order valence-electron chi connectivity index (χ3n) is 5.83. The van der Waals surface area contributed by atoms with Crippen molar-refractivity contribution in [2.24, 2.45) is 0 Å². The van der Waals surface area contributed by atoms with Crippen molar-refractivity contribution in [3.05, 3.63) is 47.6 Å². The van der Waals surface area contributed by atoms with Gasteiger partial charge in [-0.3, -0.25) is 9.69 Å². The average molecular weight is 459 g/mol. The van der Waals surface area contributed by atoms with Gasteiger partial charge in [0.15, 0.2) is 0 Å². The van der Waals surface area contributed by atoms with Crippen LogP contribution in [0.1, 0.15) is 25.7 Å². The first-order valence-electron chi connectivity index (χ1n) is 10.8. The highest BCUT2D eigenvalue weighted by atomic mass is 35.5. The van der Waals surface area contributed by atoms with Crippen LogP contribution in [0.25, 0.3) is 0 Å². The number of methoxy groups -OCH3 is 1. The summed E-state index contributed by atoms with van der Waals surface area (Å²) in [6.45, 7) is 1.07. The molecule has 9 heteroatoms. The SMILES string of the molecule is COc1ccccc1N1CCN(CC(=O)NC2CCC(Oc3ccc(Cl)cn3)CC2)C1=O. The van der Waals surface area contributed by atoms with Crippen LogP contribution in [0.15, 0.2) is 42.6 Å². The van der Waals surface area contributed by atoms with Crippen LogP contribution in [0.4, 0.5) is 10.5 Å². The molecule has 1 N–H and O–H groups in total. The van der Waals surface area contributed by atoms with Crippen molar-refractivity contribution in [3.63, 3.8) is 0 Å². The number of pyridine rings is 1. The quantitative estimate of drug-likeness (QED) is 0.686. The number of amides is 3. The number of hydrogen-bond acceptors (Lipinski definition) is 5. The standard InChI is InChI=1S/C23H27ClN4O4/c1-31-20-5-3-2-4-19(20)28-13-12-27(23(28)30)15-21(29)26-17-7-9-18(10-8-17)32-22-11-6-16(24)14-25-22/h2-6,11,14,17-18H,7-10,12-13,15H2,1H3,(H,26,29). The number of anilines is 1. The largest absolute Gasteiger partial charge is 0.495 e. The van der Waals surface area contributed by atoms with Crippen LogP contribution in [-0.4, -0.2) is 60.7 Å². The molecule has 2 fully saturated rings. The molecular weight excluding hydrogens is 432 g/mol. The van der Waals surface area contributed by atoms with Gasteiger partial charge in [-0.15, -0.1) is 0 Å². The van der Waals surface area contributed by atoms with E-state index in [0.29, 0.717) is 29.7 Å². The average Bonchev–Trinajstić information content (AvgIpc) is 3.16. The number of ether oxygens (including phenoxy) is 2. The Kier molecular flexibility index (Phi) is 6.99. The lowest BCUT2D eigenvalue weighted by Gasteiger charge is -2.29. The molecule has 32 heavy (non-hydrogen) atoms. The van der Waals surface area contributed by atoms with Crippen molar-refractivity contribution >= 4 is 29.2 Å². The molecule has 2 aromatic rings. The molecule has 1 saturated carbocycles. The lowest BCUT2D eigenvalue weighted by molar-refractivity contribution is -0.122. The summed E-state index contributed by atoms with van der Waals surface area (Å²) >= 11 is 5.85. The molecule has 0 unspecified atom stereocenters. The summed E-state index contributed by atoms with van der Waals surface area (Å²) in [5, 5.41) is 3.65. The van der Waals surface area contributed by atoms with Gasteiger partial charge in [-0.05, 0) is 43.9 Å². The van der Waals surface area contributed by atoms with E-state index in [1.54, 1.807) is 35.2 Å². The maximum absolute atomic E-state index is 12.8. The Morgan fingerprint density at radius 3 is 2.66 bits per heavy atom. The van der Waals surface area contributed by atoms with Gasteiger partial charge in [0.05, 0.1) is 17.8 Å². The molecule has 0 radical (unpaired) electrons. The van der Waals surface area contributed by atoms with Gasteiger partial charge in [0, 0.05) is 31.4 Å². The molecule has 2 heterocycles. The zero-order valence-electron chi connectivity index (χ0n) is 18.0. The third-order valence-corrected chi connectivity index (χ3v) is 6.06. The normalized spacial score (nSPS) is 20.9. The van der Waals surface area contributed by atoms with Gasteiger partial charge in [-0.25, -0.2) is 9.78 Å². The van der Waals surface area contributed by atoms with Crippen LogP contribution in [-0.2, 0) is 4.79 Å². The minimum Gasteiger partial charge on any atom is -0.495 e. The van der Waals surface area contributed by atoms with E-state index in [1.807, 2.05) is 24.3 Å². The van der Waals surface area contributed by atoms with Crippen LogP contribution >= 0.6 is 11.6 Å². The van der Waals surface area contributed by atoms with Crippen LogP contribution < -0.4 is 19.7 Å². The smallest absolute Gasteiger partial charge is 0.325 e. The molecule has 1 aromatic carbocycles. The number of nitrogens with one attached hydrogen (secondary N) is 1. The number of hydrogen-bond donors (Lipinski definition) is 1. The predicted octanol–water partition coefficient (Wildman–Crippen LogP) is 3.49. The highest BCUT2D eigenvalue weighted by Crippen LogP contribution is 2.30. The number of urea groups is 1. The molecule has 0 bridgehead atoms. The molecule has 4 rings (SSSR count). The van der Waals surface area contributed by atoms with Crippen LogP contribution in [0.3, 0.4) is 0 Å². The maximum atomic E-state index is 12.8. The van der Waals surface area contributed by atoms with Crippen molar-refractivity contribution in [1.29, 1.82) is 0 Å². The van der Waals surface area contributed by atoms with Gasteiger partial charge in [0.2, 0.25) is 11.8 Å². The lowest BCUT2D eigenvalue weighted by atomic mass is 9.93. The summed E-state index contributed by atoms with van der Waals surface area (Å²) in [4.78, 5) is 32.8. The summed E-state index contributed by atoms with van der Waals surface area (Å²) in [7, 11) is 1.58. The molecule has 3 amide bonds. The van der Waals surface area contributed by atoms with E-state index < -0.39 is 0 Å². The van der Waals surface area contributed by atoms with E-state index in [9.17, 15) is 9.59 Å². The van der Waals surface area contributed by atoms with Gasteiger partial charge in [-0.1, -0.05) is 23.7 Å². The van der Waals surface area contributed by atoms with Crippen molar-refractivity contribution in [2.75, 3.05) is 31.6 Å². The molecule has 1 saturated heterocycles. The number of carbonyl (C=O) groups excluding carboxylic acids is 2. The topological polar surface area (TPSA) is 84.0 Å². The zero-order chi connectivity index (χ0) is 22.5. The van der Waals surface area contributed by atoms with Gasteiger partial charge in [0.1, 0.15) is 18.4 Å². The maximum Gasteiger partial charge on any atom is 0.325 e. The van der Waals surface area contributed by atoms with E-state index >= 15 is 0 Å². The van der Waals surface area contributed by atoms with Crippen LogP contribution in [0.2, 0.25) is 5.02 Å². The Hall–Kier alpha value is -3.00. The van der Waals surface area contributed by atoms with E-state index in [-0.39, 0.29) is 30.6 Å². The molecule has 0 spiro atoms. The second-order valence-electron chi connectivity index (χ2n) is 8.00. The monoisotopic (exact) mass is 458 g/mol. The summed E-state index contributed by atoms with van der Waals surface area (Å²) in [5.41, 5.74) is 0.719. The molecule has 8 nitrogen and oxygen atoms in total. The minimum absolute atomic E-state index is 0.0512. The van der Waals surface area contributed by atoms with Crippen molar-refractivity contribution < 1.29 is 19.1 Å². The second-order valence-corrected chi connectivity index (χ2v) is 8.44. The fraction of sp³-hybridized carbons (Fsp3) is 0.435. The van der Waals surface area contributed by atoms with E-state index in [1.165, 1.54) is 0 Å². The molecule has 1 aliphatic heterocycles. The summed E-state index contributed by atoms with van der Waals surface area (Å²) in [5.74, 6) is 1.07. The number of aromatic nitrogens is 1.